The molecule has 0 amide bonds. The van der Waals surface area contributed by atoms with Crippen LogP contribution in [0.5, 0.6) is 0 Å². The zero-order valence-corrected chi connectivity index (χ0v) is 14.9. The summed E-state index contributed by atoms with van der Waals surface area (Å²) in [5, 5.41) is 8.85. The summed E-state index contributed by atoms with van der Waals surface area (Å²) in [5.74, 6) is 1.97. The normalized spacial score (nSPS) is 18.1. The molecule has 0 saturated carbocycles. The van der Waals surface area contributed by atoms with Gasteiger partial charge in [0.25, 0.3) is 0 Å². The number of aromatic nitrogens is 4. The molecule has 0 N–H and O–H groups in total. The molecule has 2 aliphatic rings. The highest BCUT2D eigenvalue weighted by Gasteiger charge is 2.25. The minimum atomic E-state index is 0.486. The van der Waals surface area contributed by atoms with Gasteiger partial charge in [0.1, 0.15) is 12.1 Å². The van der Waals surface area contributed by atoms with Crippen LogP contribution in [0.25, 0.3) is 0 Å². The highest BCUT2D eigenvalue weighted by Crippen LogP contribution is 2.25. The van der Waals surface area contributed by atoms with Crippen LogP contribution in [-0.4, -0.2) is 53.0 Å². The third-order valence-electron chi connectivity index (χ3n) is 5.17. The molecule has 0 aromatic carbocycles. The Bertz CT molecular complexity index is 744. The van der Waals surface area contributed by atoms with Crippen LogP contribution in [0.2, 0.25) is 0 Å². The number of piperidine rings is 1. The van der Waals surface area contributed by atoms with Gasteiger partial charge in [-0.15, -0.1) is 5.10 Å². The number of fused-ring (bicyclic) bond motifs is 1. The van der Waals surface area contributed by atoms with E-state index in [0.29, 0.717) is 12.6 Å². The Labute approximate surface area is 148 Å². The number of anilines is 2. The van der Waals surface area contributed by atoms with Crippen molar-refractivity contribution in [2.75, 3.05) is 36.5 Å². The van der Waals surface area contributed by atoms with Crippen molar-refractivity contribution in [3.05, 3.63) is 35.4 Å². The second kappa shape index (κ2) is 6.92. The Kier molecular flexibility index (Phi) is 4.48. The molecule has 0 spiro atoms. The quantitative estimate of drug-likeness (QED) is 0.843. The molecule has 0 radical (unpaired) electrons. The summed E-state index contributed by atoms with van der Waals surface area (Å²) in [6, 6.07) is 4.68. The lowest BCUT2D eigenvalue weighted by Crippen LogP contribution is -2.44. The predicted molar refractivity (Wildman–Crippen MR) is 95.8 cm³/mol. The Morgan fingerprint density at radius 3 is 2.80 bits per heavy atom. The SMILES string of the molecule is Cc1cc(N(C)C2CCN(c3cc4c(nn3)CCOC4)CC2)ncn1. The Morgan fingerprint density at radius 2 is 2.00 bits per heavy atom. The van der Waals surface area contributed by atoms with E-state index in [0.717, 1.165) is 62.0 Å². The van der Waals surface area contributed by atoms with Gasteiger partial charge >= 0.3 is 0 Å². The van der Waals surface area contributed by atoms with E-state index in [1.165, 1.54) is 5.56 Å². The smallest absolute Gasteiger partial charge is 0.151 e. The maximum absolute atomic E-state index is 5.54. The first kappa shape index (κ1) is 16.2. The van der Waals surface area contributed by atoms with Gasteiger partial charge < -0.3 is 14.5 Å². The van der Waals surface area contributed by atoms with Gasteiger partial charge in [-0.1, -0.05) is 0 Å². The second-order valence-corrected chi connectivity index (χ2v) is 6.82. The maximum atomic E-state index is 5.54. The molecule has 1 saturated heterocycles. The van der Waals surface area contributed by atoms with Crippen molar-refractivity contribution in [2.24, 2.45) is 0 Å². The molecule has 0 atom stereocenters. The number of rotatable bonds is 3. The molecule has 0 unspecified atom stereocenters. The zero-order chi connectivity index (χ0) is 17.2. The molecule has 7 nitrogen and oxygen atoms in total. The van der Waals surface area contributed by atoms with Crippen LogP contribution >= 0.6 is 0 Å². The van der Waals surface area contributed by atoms with Crippen LogP contribution in [0.4, 0.5) is 11.6 Å². The van der Waals surface area contributed by atoms with Crippen molar-refractivity contribution in [2.45, 2.75) is 38.8 Å². The van der Waals surface area contributed by atoms with Crippen LogP contribution in [0, 0.1) is 6.92 Å². The summed E-state index contributed by atoms with van der Waals surface area (Å²) in [6.07, 6.45) is 4.67. The Morgan fingerprint density at radius 1 is 1.16 bits per heavy atom. The molecule has 4 rings (SSSR count). The lowest BCUT2D eigenvalue weighted by molar-refractivity contribution is 0.109. The van der Waals surface area contributed by atoms with Crippen molar-refractivity contribution >= 4 is 11.6 Å². The first-order chi connectivity index (χ1) is 12.2. The van der Waals surface area contributed by atoms with Gasteiger partial charge in [-0.2, -0.15) is 5.10 Å². The van der Waals surface area contributed by atoms with E-state index in [1.54, 1.807) is 6.33 Å². The summed E-state index contributed by atoms with van der Waals surface area (Å²) < 4.78 is 5.54. The molecule has 2 aromatic rings. The van der Waals surface area contributed by atoms with Crippen molar-refractivity contribution < 1.29 is 4.74 Å². The molecular formula is C18H24N6O. The van der Waals surface area contributed by atoms with E-state index in [-0.39, 0.29) is 0 Å². The van der Waals surface area contributed by atoms with Gasteiger partial charge in [-0.25, -0.2) is 9.97 Å². The number of aryl methyl sites for hydroxylation is 1. The van der Waals surface area contributed by atoms with Gasteiger partial charge in [-0.05, 0) is 25.8 Å². The summed E-state index contributed by atoms with van der Waals surface area (Å²) in [6.45, 7) is 5.37. The molecule has 132 valence electrons. The van der Waals surface area contributed by atoms with Crippen molar-refractivity contribution in [1.82, 2.24) is 20.2 Å². The fourth-order valence-electron chi connectivity index (χ4n) is 3.59. The average Bonchev–Trinajstić information content (AvgIpc) is 2.67. The number of hydrogen-bond acceptors (Lipinski definition) is 7. The van der Waals surface area contributed by atoms with E-state index in [9.17, 15) is 0 Å². The van der Waals surface area contributed by atoms with E-state index in [2.05, 4.69) is 43.1 Å². The molecule has 4 heterocycles. The number of ether oxygens (including phenoxy) is 1. The fraction of sp³-hybridized carbons (Fsp3) is 0.556. The summed E-state index contributed by atoms with van der Waals surface area (Å²) in [7, 11) is 2.12. The molecule has 7 heteroatoms. The highest BCUT2D eigenvalue weighted by atomic mass is 16.5. The molecule has 1 fully saturated rings. The van der Waals surface area contributed by atoms with Gasteiger partial charge in [0, 0.05) is 49.9 Å². The van der Waals surface area contributed by atoms with Gasteiger partial charge in [0.05, 0.1) is 18.9 Å². The van der Waals surface area contributed by atoms with Crippen LogP contribution < -0.4 is 9.80 Å². The Hall–Kier alpha value is -2.28. The fourth-order valence-corrected chi connectivity index (χ4v) is 3.59. The van der Waals surface area contributed by atoms with Gasteiger partial charge in [0.2, 0.25) is 0 Å². The first-order valence-corrected chi connectivity index (χ1v) is 8.90. The van der Waals surface area contributed by atoms with Crippen LogP contribution in [0.3, 0.4) is 0 Å². The summed E-state index contributed by atoms with van der Waals surface area (Å²) >= 11 is 0. The second-order valence-electron chi connectivity index (χ2n) is 6.82. The predicted octanol–water partition coefficient (Wildman–Crippen LogP) is 1.75. The number of nitrogens with zero attached hydrogens (tertiary/aromatic N) is 6. The minimum absolute atomic E-state index is 0.486. The lowest BCUT2D eigenvalue weighted by Gasteiger charge is -2.37. The third-order valence-corrected chi connectivity index (χ3v) is 5.17. The van der Waals surface area contributed by atoms with Gasteiger partial charge in [0.15, 0.2) is 5.82 Å². The van der Waals surface area contributed by atoms with Crippen molar-refractivity contribution in [3.8, 4) is 0 Å². The van der Waals surface area contributed by atoms with E-state index < -0.39 is 0 Å². The molecular weight excluding hydrogens is 316 g/mol. The average molecular weight is 340 g/mol. The molecule has 25 heavy (non-hydrogen) atoms. The monoisotopic (exact) mass is 340 g/mol. The molecule has 0 bridgehead atoms. The van der Waals surface area contributed by atoms with Crippen LogP contribution in [-0.2, 0) is 17.8 Å². The number of hydrogen-bond donors (Lipinski definition) is 0. The lowest BCUT2D eigenvalue weighted by atomic mass is 10.0. The van der Waals surface area contributed by atoms with E-state index >= 15 is 0 Å². The zero-order valence-electron chi connectivity index (χ0n) is 14.9. The topological polar surface area (TPSA) is 67.3 Å². The third kappa shape index (κ3) is 3.42. The first-order valence-electron chi connectivity index (χ1n) is 8.90. The Balaban J connectivity index is 1.41. The molecule has 2 aromatic heterocycles. The van der Waals surface area contributed by atoms with E-state index in [1.807, 2.05) is 13.0 Å². The molecule has 2 aliphatic heterocycles. The van der Waals surface area contributed by atoms with Crippen molar-refractivity contribution in [3.63, 3.8) is 0 Å². The molecule has 0 aliphatic carbocycles. The van der Waals surface area contributed by atoms with Crippen molar-refractivity contribution in [1.29, 1.82) is 0 Å². The largest absolute Gasteiger partial charge is 0.376 e. The highest BCUT2D eigenvalue weighted by molar-refractivity contribution is 5.44. The van der Waals surface area contributed by atoms with Gasteiger partial charge in [-0.3, -0.25) is 0 Å². The minimum Gasteiger partial charge on any atom is -0.376 e. The van der Waals surface area contributed by atoms with Crippen LogP contribution in [0.15, 0.2) is 18.5 Å². The summed E-state index contributed by atoms with van der Waals surface area (Å²) in [4.78, 5) is 13.2. The standard InChI is InChI=1S/C18H24N6O/c1-13-9-17(20-12-19-13)23(2)15-3-6-24(7-4-15)18-10-14-11-25-8-5-16(14)21-22-18/h9-10,12,15H,3-8,11H2,1-2H3. The summed E-state index contributed by atoms with van der Waals surface area (Å²) in [5.41, 5.74) is 3.27. The maximum Gasteiger partial charge on any atom is 0.151 e. The van der Waals surface area contributed by atoms with E-state index in [4.69, 9.17) is 4.74 Å². The van der Waals surface area contributed by atoms with Crippen LogP contribution in [0.1, 0.15) is 29.8 Å².